The smallest absolute Gasteiger partial charge is 0.156 e. The van der Waals surface area contributed by atoms with Gasteiger partial charge in [-0.05, 0) is 25.6 Å². The van der Waals surface area contributed by atoms with Gasteiger partial charge in [0, 0.05) is 11.8 Å². The van der Waals surface area contributed by atoms with Crippen molar-refractivity contribution in [2.45, 2.75) is 32.9 Å². The highest BCUT2D eigenvalue weighted by Gasteiger charge is 2.19. The number of likely N-dealkylation sites (N-methyl/N-ethyl adjacent to an activating group) is 1. The van der Waals surface area contributed by atoms with E-state index in [1.807, 2.05) is 11.8 Å². The van der Waals surface area contributed by atoms with E-state index in [0.29, 0.717) is 12.1 Å². The van der Waals surface area contributed by atoms with Crippen LogP contribution in [0.2, 0.25) is 0 Å². The van der Waals surface area contributed by atoms with Crippen LogP contribution in [0.15, 0.2) is 35.3 Å². The molecular weight excluding hydrogens is 266 g/mol. The topological polar surface area (TPSA) is 27.6 Å². The predicted molar refractivity (Wildman–Crippen MR) is 89.5 cm³/mol. The average Bonchev–Trinajstić information content (AvgIpc) is 2.90. The lowest BCUT2D eigenvalue weighted by atomic mass is 10.1. The summed E-state index contributed by atoms with van der Waals surface area (Å²) >= 11 is 1.83. The molecule has 2 rings (SSSR count). The molecule has 110 valence electrons. The second-order valence-electron chi connectivity index (χ2n) is 5.15. The monoisotopic (exact) mass is 291 g/mol. The lowest BCUT2D eigenvalue weighted by Gasteiger charge is -2.29. The standard InChI is InChI=1S/C16H25N3S/c1-4-19(5-2)15(14-9-7-6-8-10-14)11-17-16-18-13(3)12-20-16/h6-10,13,15H,4-5,11-12H2,1-3H3,(H,17,18). The number of thioether (sulfide) groups is 1. The Balaban J connectivity index is 2.11. The molecule has 0 spiro atoms. The first-order chi connectivity index (χ1) is 9.74. The number of rotatable bonds is 6. The van der Waals surface area contributed by atoms with Gasteiger partial charge in [-0.2, -0.15) is 0 Å². The summed E-state index contributed by atoms with van der Waals surface area (Å²) in [6, 6.07) is 11.6. The molecule has 0 bridgehead atoms. The largest absolute Gasteiger partial charge is 0.362 e. The number of hydrogen-bond donors (Lipinski definition) is 1. The van der Waals surface area contributed by atoms with E-state index >= 15 is 0 Å². The third kappa shape index (κ3) is 4.00. The highest BCUT2D eigenvalue weighted by Crippen LogP contribution is 2.22. The van der Waals surface area contributed by atoms with E-state index < -0.39 is 0 Å². The maximum absolute atomic E-state index is 4.79. The Hall–Kier alpha value is -1.00. The van der Waals surface area contributed by atoms with Crippen molar-refractivity contribution < 1.29 is 0 Å². The fraction of sp³-hybridized carbons (Fsp3) is 0.562. The molecule has 4 heteroatoms. The lowest BCUT2D eigenvalue weighted by molar-refractivity contribution is 0.224. The molecule has 1 aromatic rings. The molecule has 2 unspecified atom stereocenters. The van der Waals surface area contributed by atoms with Crippen LogP contribution in [0.4, 0.5) is 0 Å². The minimum absolute atomic E-state index is 0.372. The van der Waals surface area contributed by atoms with E-state index in [0.717, 1.165) is 30.6 Å². The summed E-state index contributed by atoms with van der Waals surface area (Å²) in [6.07, 6.45) is 0. The van der Waals surface area contributed by atoms with Gasteiger partial charge in [0.25, 0.3) is 0 Å². The summed E-state index contributed by atoms with van der Waals surface area (Å²) in [7, 11) is 0. The molecule has 20 heavy (non-hydrogen) atoms. The van der Waals surface area contributed by atoms with E-state index in [2.05, 4.69) is 61.3 Å². The van der Waals surface area contributed by atoms with Crippen molar-refractivity contribution in [3.05, 3.63) is 35.9 Å². The van der Waals surface area contributed by atoms with Crippen molar-refractivity contribution in [2.75, 3.05) is 25.4 Å². The fourth-order valence-electron chi connectivity index (χ4n) is 2.53. The number of amidine groups is 1. The van der Waals surface area contributed by atoms with Crippen molar-refractivity contribution in [1.29, 1.82) is 0 Å². The third-order valence-corrected chi connectivity index (χ3v) is 4.87. The molecule has 1 N–H and O–H groups in total. The van der Waals surface area contributed by atoms with Gasteiger partial charge >= 0.3 is 0 Å². The SMILES string of the molecule is CCN(CC)C(CN=C1NC(C)CS1)c1ccccc1. The minimum Gasteiger partial charge on any atom is -0.362 e. The summed E-state index contributed by atoms with van der Waals surface area (Å²) in [6.45, 7) is 9.58. The normalized spacial score (nSPS) is 22.2. The van der Waals surface area contributed by atoms with Crippen LogP contribution in [-0.4, -0.2) is 41.5 Å². The van der Waals surface area contributed by atoms with Gasteiger partial charge < -0.3 is 5.32 Å². The van der Waals surface area contributed by atoms with Crippen LogP contribution in [-0.2, 0) is 0 Å². The maximum atomic E-state index is 4.79. The average molecular weight is 291 g/mol. The quantitative estimate of drug-likeness (QED) is 0.872. The number of benzene rings is 1. The lowest BCUT2D eigenvalue weighted by Crippen LogP contribution is -2.31. The molecule has 2 atom stereocenters. The Morgan fingerprint density at radius 1 is 1.30 bits per heavy atom. The third-order valence-electron chi connectivity index (χ3n) is 3.69. The first kappa shape index (κ1) is 15.4. The van der Waals surface area contributed by atoms with Crippen molar-refractivity contribution in [1.82, 2.24) is 10.2 Å². The maximum Gasteiger partial charge on any atom is 0.156 e. The van der Waals surface area contributed by atoms with Crippen molar-refractivity contribution in [2.24, 2.45) is 4.99 Å². The van der Waals surface area contributed by atoms with Gasteiger partial charge in [-0.15, -0.1) is 0 Å². The van der Waals surface area contributed by atoms with Gasteiger partial charge in [-0.3, -0.25) is 9.89 Å². The predicted octanol–water partition coefficient (Wildman–Crippen LogP) is 3.15. The molecule has 1 saturated heterocycles. The van der Waals surface area contributed by atoms with Gasteiger partial charge in [0.2, 0.25) is 0 Å². The summed E-state index contributed by atoms with van der Waals surface area (Å²) in [5, 5.41) is 4.53. The molecule has 0 aliphatic carbocycles. The second kappa shape index (κ2) is 7.70. The molecule has 1 aromatic carbocycles. The second-order valence-corrected chi connectivity index (χ2v) is 6.16. The van der Waals surface area contributed by atoms with Crippen molar-refractivity contribution in [3.63, 3.8) is 0 Å². The first-order valence-electron chi connectivity index (χ1n) is 7.47. The van der Waals surface area contributed by atoms with E-state index in [9.17, 15) is 0 Å². The van der Waals surface area contributed by atoms with E-state index in [1.165, 1.54) is 5.56 Å². The highest BCUT2D eigenvalue weighted by molar-refractivity contribution is 8.14. The summed E-state index contributed by atoms with van der Waals surface area (Å²) in [5.41, 5.74) is 1.36. The number of aliphatic imine (C=N–C) groups is 1. The number of nitrogens with one attached hydrogen (secondary N) is 1. The van der Waals surface area contributed by atoms with Crippen LogP contribution in [0.1, 0.15) is 32.4 Å². The molecule has 0 radical (unpaired) electrons. The Kier molecular flexibility index (Phi) is 5.92. The van der Waals surface area contributed by atoms with Crippen LogP contribution < -0.4 is 5.32 Å². The Morgan fingerprint density at radius 2 is 2.00 bits per heavy atom. The first-order valence-corrected chi connectivity index (χ1v) is 8.45. The summed E-state index contributed by atoms with van der Waals surface area (Å²) in [5.74, 6) is 1.13. The number of nitrogens with zero attached hydrogens (tertiary/aromatic N) is 2. The van der Waals surface area contributed by atoms with Crippen LogP contribution in [0.3, 0.4) is 0 Å². The highest BCUT2D eigenvalue weighted by atomic mass is 32.2. The Labute approximate surface area is 126 Å². The van der Waals surface area contributed by atoms with Crippen molar-refractivity contribution >= 4 is 16.9 Å². The molecule has 0 amide bonds. The van der Waals surface area contributed by atoms with Crippen LogP contribution in [0, 0.1) is 0 Å². The Morgan fingerprint density at radius 3 is 2.55 bits per heavy atom. The van der Waals surface area contributed by atoms with Crippen LogP contribution in [0.5, 0.6) is 0 Å². The molecule has 1 aliphatic heterocycles. The molecule has 0 saturated carbocycles. The molecule has 1 heterocycles. The van der Waals surface area contributed by atoms with Gasteiger partial charge in [0.15, 0.2) is 5.17 Å². The molecular formula is C16H25N3S. The van der Waals surface area contributed by atoms with E-state index in [-0.39, 0.29) is 0 Å². The molecule has 0 aromatic heterocycles. The van der Waals surface area contributed by atoms with Crippen LogP contribution >= 0.6 is 11.8 Å². The zero-order chi connectivity index (χ0) is 14.4. The van der Waals surface area contributed by atoms with Gasteiger partial charge in [-0.25, -0.2) is 0 Å². The zero-order valence-electron chi connectivity index (χ0n) is 12.7. The minimum atomic E-state index is 0.372. The van der Waals surface area contributed by atoms with Gasteiger partial charge in [0.05, 0.1) is 12.6 Å². The molecule has 3 nitrogen and oxygen atoms in total. The summed E-state index contributed by atoms with van der Waals surface area (Å²) in [4.78, 5) is 7.27. The molecule has 1 aliphatic rings. The summed E-state index contributed by atoms with van der Waals surface area (Å²) < 4.78 is 0. The molecule has 1 fully saturated rings. The number of hydrogen-bond acceptors (Lipinski definition) is 3. The fourth-order valence-corrected chi connectivity index (χ4v) is 3.47. The van der Waals surface area contributed by atoms with E-state index in [4.69, 9.17) is 4.99 Å². The van der Waals surface area contributed by atoms with E-state index in [1.54, 1.807) is 0 Å². The zero-order valence-corrected chi connectivity index (χ0v) is 13.5. The van der Waals surface area contributed by atoms with Crippen LogP contribution in [0.25, 0.3) is 0 Å². The Bertz CT molecular complexity index is 429. The van der Waals surface area contributed by atoms with Gasteiger partial charge in [-0.1, -0.05) is 55.9 Å². The van der Waals surface area contributed by atoms with Gasteiger partial charge in [0.1, 0.15) is 0 Å². The van der Waals surface area contributed by atoms with Crippen molar-refractivity contribution in [3.8, 4) is 0 Å².